The Bertz CT molecular complexity index is 575. The molecule has 0 aliphatic rings. The molecule has 0 fully saturated rings. The summed E-state index contributed by atoms with van der Waals surface area (Å²) in [7, 11) is 0. The molecular formula is C11H11N3NaOS. The number of aromatic nitrogens is 2. The van der Waals surface area contributed by atoms with E-state index in [0.717, 1.165) is 5.69 Å². The molecular weight excluding hydrogens is 245 g/mol. The maximum atomic E-state index is 11.2. The van der Waals surface area contributed by atoms with Gasteiger partial charge in [-0.15, -0.1) is 0 Å². The molecule has 0 bridgehead atoms. The summed E-state index contributed by atoms with van der Waals surface area (Å²) in [6.45, 7) is 2.02. The van der Waals surface area contributed by atoms with Gasteiger partial charge in [-0.25, -0.2) is 0 Å². The molecule has 2 rings (SSSR count). The van der Waals surface area contributed by atoms with E-state index in [1.807, 2.05) is 31.2 Å². The summed E-state index contributed by atoms with van der Waals surface area (Å²) in [5.74, 6) is 0.581. The molecule has 6 heteroatoms. The van der Waals surface area contributed by atoms with Crippen LogP contribution in [0.5, 0.6) is 0 Å². The molecule has 0 saturated carbocycles. The van der Waals surface area contributed by atoms with Crippen LogP contribution in [0.4, 0.5) is 11.5 Å². The summed E-state index contributed by atoms with van der Waals surface area (Å²) in [5.41, 5.74) is 1.87. The minimum Gasteiger partial charge on any atom is -0.342 e. The van der Waals surface area contributed by atoms with Gasteiger partial charge >= 0.3 is 0 Å². The Hall–Kier alpha value is -0.880. The SMILES string of the molecule is Cc1ccc(Nc2cc(=O)[nH]c(=S)[nH]2)cc1.[Na]. The number of benzene rings is 1. The Morgan fingerprint density at radius 3 is 2.41 bits per heavy atom. The monoisotopic (exact) mass is 256 g/mol. The van der Waals surface area contributed by atoms with Gasteiger partial charge in [-0.2, -0.15) is 0 Å². The zero-order chi connectivity index (χ0) is 11.5. The molecule has 0 aliphatic carbocycles. The Labute approximate surface area is 126 Å². The third-order valence-corrected chi connectivity index (χ3v) is 2.30. The summed E-state index contributed by atoms with van der Waals surface area (Å²) in [5, 5.41) is 3.07. The second-order valence-electron chi connectivity index (χ2n) is 3.49. The van der Waals surface area contributed by atoms with E-state index in [0.29, 0.717) is 10.6 Å². The molecule has 1 radical (unpaired) electrons. The predicted octanol–water partition coefficient (Wildman–Crippen LogP) is 2.10. The van der Waals surface area contributed by atoms with Gasteiger partial charge in [0.1, 0.15) is 5.82 Å². The van der Waals surface area contributed by atoms with Crippen molar-refractivity contribution in [1.82, 2.24) is 9.97 Å². The van der Waals surface area contributed by atoms with Crippen LogP contribution < -0.4 is 10.9 Å². The molecule has 0 aliphatic heterocycles. The van der Waals surface area contributed by atoms with Crippen molar-refractivity contribution in [3.05, 3.63) is 51.0 Å². The Morgan fingerprint density at radius 1 is 1.18 bits per heavy atom. The molecule has 1 heterocycles. The van der Waals surface area contributed by atoms with E-state index in [9.17, 15) is 4.79 Å². The van der Waals surface area contributed by atoms with Gasteiger partial charge in [0.15, 0.2) is 4.77 Å². The number of H-pyrrole nitrogens is 2. The maximum absolute atomic E-state index is 11.2. The molecule has 1 aromatic heterocycles. The van der Waals surface area contributed by atoms with Crippen LogP contribution in [0.1, 0.15) is 5.56 Å². The van der Waals surface area contributed by atoms with E-state index in [2.05, 4.69) is 15.3 Å². The van der Waals surface area contributed by atoms with Gasteiger partial charge < -0.3 is 10.3 Å². The smallest absolute Gasteiger partial charge is 0.253 e. The second kappa shape index (κ2) is 6.16. The van der Waals surface area contributed by atoms with Crippen molar-refractivity contribution in [3.8, 4) is 0 Å². The summed E-state index contributed by atoms with van der Waals surface area (Å²) in [6.07, 6.45) is 0. The molecule has 0 saturated heterocycles. The number of anilines is 2. The van der Waals surface area contributed by atoms with E-state index in [-0.39, 0.29) is 35.1 Å². The third-order valence-electron chi connectivity index (χ3n) is 2.09. The third kappa shape index (κ3) is 4.12. The predicted molar refractivity (Wildman–Crippen MR) is 72.5 cm³/mol. The van der Waals surface area contributed by atoms with Crippen LogP contribution in [0.15, 0.2) is 35.1 Å². The number of aryl methyl sites for hydroxylation is 1. The molecule has 1 aromatic carbocycles. The zero-order valence-corrected chi connectivity index (χ0v) is 12.5. The van der Waals surface area contributed by atoms with Crippen LogP contribution in [0.3, 0.4) is 0 Å². The largest absolute Gasteiger partial charge is 0.342 e. The van der Waals surface area contributed by atoms with Crippen molar-refractivity contribution >= 4 is 53.3 Å². The van der Waals surface area contributed by atoms with Gasteiger partial charge in [0.2, 0.25) is 0 Å². The van der Waals surface area contributed by atoms with Crippen LogP contribution in [-0.4, -0.2) is 39.5 Å². The fourth-order valence-electron chi connectivity index (χ4n) is 1.33. The fraction of sp³-hybridized carbons (Fsp3) is 0.0909. The zero-order valence-electron chi connectivity index (χ0n) is 9.70. The first kappa shape index (κ1) is 14.2. The molecule has 4 nitrogen and oxygen atoms in total. The summed E-state index contributed by atoms with van der Waals surface area (Å²) in [6, 6.07) is 9.28. The minimum absolute atomic E-state index is 0. The molecule has 3 N–H and O–H groups in total. The Morgan fingerprint density at radius 2 is 1.82 bits per heavy atom. The maximum Gasteiger partial charge on any atom is 0.253 e. The van der Waals surface area contributed by atoms with E-state index in [4.69, 9.17) is 12.2 Å². The summed E-state index contributed by atoms with van der Waals surface area (Å²) >= 11 is 4.87. The van der Waals surface area contributed by atoms with Gasteiger partial charge in [0, 0.05) is 41.3 Å². The van der Waals surface area contributed by atoms with E-state index >= 15 is 0 Å². The van der Waals surface area contributed by atoms with Crippen molar-refractivity contribution in [2.75, 3.05) is 5.32 Å². The quantitative estimate of drug-likeness (QED) is 0.569. The van der Waals surface area contributed by atoms with E-state index in [1.54, 1.807) is 0 Å². The number of aromatic amines is 2. The topological polar surface area (TPSA) is 60.7 Å². The van der Waals surface area contributed by atoms with Crippen LogP contribution in [0.25, 0.3) is 0 Å². The van der Waals surface area contributed by atoms with Gasteiger partial charge in [-0.05, 0) is 31.3 Å². The number of nitrogens with one attached hydrogen (secondary N) is 3. The van der Waals surface area contributed by atoms with Gasteiger partial charge in [0.25, 0.3) is 5.56 Å². The van der Waals surface area contributed by atoms with Gasteiger partial charge in [-0.1, -0.05) is 17.7 Å². The van der Waals surface area contributed by atoms with Crippen molar-refractivity contribution < 1.29 is 0 Å². The average Bonchev–Trinajstić information content (AvgIpc) is 2.20. The molecule has 17 heavy (non-hydrogen) atoms. The summed E-state index contributed by atoms with van der Waals surface area (Å²) in [4.78, 5) is 16.5. The first-order valence-electron chi connectivity index (χ1n) is 4.81. The van der Waals surface area contributed by atoms with Crippen molar-refractivity contribution in [3.63, 3.8) is 0 Å². The van der Waals surface area contributed by atoms with E-state index in [1.165, 1.54) is 11.6 Å². The molecule has 0 atom stereocenters. The van der Waals surface area contributed by atoms with Crippen LogP contribution in [0.2, 0.25) is 0 Å². The fourth-order valence-corrected chi connectivity index (χ4v) is 1.54. The molecule has 83 valence electrons. The normalized spacial score (nSPS) is 9.47. The average molecular weight is 256 g/mol. The molecule has 2 aromatic rings. The van der Waals surface area contributed by atoms with E-state index < -0.39 is 0 Å². The standard InChI is InChI=1S/C11H11N3OS.Na/c1-7-2-4-8(5-3-7)12-9-6-10(15)14-11(16)13-9;/h2-6H,1H3,(H3,12,13,14,15,16);. The van der Waals surface area contributed by atoms with Crippen molar-refractivity contribution in [1.29, 1.82) is 0 Å². The first-order chi connectivity index (χ1) is 7.63. The summed E-state index contributed by atoms with van der Waals surface area (Å²) < 4.78 is 0.308. The molecule has 0 amide bonds. The van der Waals surface area contributed by atoms with Crippen LogP contribution in [0, 0.1) is 11.7 Å². The number of rotatable bonds is 2. The van der Waals surface area contributed by atoms with Gasteiger partial charge in [-0.3, -0.25) is 9.78 Å². The van der Waals surface area contributed by atoms with Crippen molar-refractivity contribution in [2.45, 2.75) is 6.92 Å². The van der Waals surface area contributed by atoms with Crippen LogP contribution in [-0.2, 0) is 0 Å². The molecule has 0 spiro atoms. The van der Waals surface area contributed by atoms with Gasteiger partial charge in [0.05, 0.1) is 0 Å². The minimum atomic E-state index is -0.224. The number of hydrogen-bond acceptors (Lipinski definition) is 3. The molecule has 0 unspecified atom stereocenters. The van der Waals surface area contributed by atoms with Crippen molar-refractivity contribution in [2.24, 2.45) is 0 Å². The Kier molecular flexibility index (Phi) is 5.14. The number of hydrogen-bond donors (Lipinski definition) is 3. The van der Waals surface area contributed by atoms with Crippen LogP contribution >= 0.6 is 12.2 Å². The Balaban J connectivity index is 0.00000144. The first-order valence-corrected chi connectivity index (χ1v) is 5.22. The second-order valence-corrected chi connectivity index (χ2v) is 3.90.